The van der Waals surface area contributed by atoms with E-state index in [0.29, 0.717) is 23.9 Å². The average molecular weight is 591 g/mol. The van der Waals surface area contributed by atoms with Gasteiger partial charge in [0.25, 0.3) is 0 Å². The van der Waals surface area contributed by atoms with Crippen LogP contribution in [0.5, 0.6) is 0 Å². The SMILES string of the molecule is C/C=C(/NC1CCN(C(=O)C2C=CC=c3ccccc3=C2)CC1)n1ncc(Br)c1/N=C/c1ccccc1Cl. The molecule has 194 valence electrons. The minimum absolute atomic E-state index is 0.156. The monoisotopic (exact) mass is 589 g/mol. The normalized spacial score (nSPS) is 18.0. The second kappa shape index (κ2) is 12.0. The number of fused-ring (bicyclic) bond motifs is 1. The largest absolute Gasteiger partial charge is 0.367 e. The molecule has 3 aromatic rings. The highest BCUT2D eigenvalue weighted by atomic mass is 79.9. The van der Waals surface area contributed by atoms with Gasteiger partial charge in [-0.15, -0.1) is 0 Å². The number of likely N-dealkylation sites (tertiary alicyclic amines) is 1. The number of hydrogen-bond acceptors (Lipinski definition) is 4. The van der Waals surface area contributed by atoms with Crippen molar-refractivity contribution in [2.24, 2.45) is 10.9 Å². The molecule has 1 atom stereocenters. The zero-order chi connectivity index (χ0) is 26.5. The second-order valence-corrected chi connectivity index (χ2v) is 10.6. The molecular weight excluding hydrogens is 562 g/mol. The number of aromatic nitrogens is 2. The third-order valence-electron chi connectivity index (χ3n) is 6.83. The van der Waals surface area contributed by atoms with Crippen LogP contribution in [0.15, 0.2) is 82.4 Å². The van der Waals surface area contributed by atoms with Gasteiger partial charge in [0.2, 0.25) is 5.91 Å². The Bertz CT molecular complexity index is 1530. The van der Waals surface area contributed by atoms with Gasteiger partial charge in [-0.2, -0.15) is 9.78 Å². The van der Waals surface area contributed by atoms with Crippen LogP contribution in [0.2, 0.25) is 5.02 Å². The summed E-state index contributed by atoms with van der Waals surface area (Å²) in [7, 11) is 0. The molecule has 38 heavy (non-hydrogen) atoms. The first-order valence-corrected chi connectivity index (χ1v) is 13.9. The van der Waals surface area contributed by atoms with Crippen LogP contribution < -0.4 is 15.8 Å². The van der Waals surface area contributed by atoms with Crippen molar-refractivity contribution in [1.29, 1.82) is 0 Å². The second-order valence-electron chi connectivity index (χ2n) is 9.30. The molecule has 8 heteroatoms. The third-order valence-corrected chi connectivity index (χ3v) is 7.73. The lowest BCUT2D eigenvalue weighted by molar-refractivity contribution is -0.133. The summed E-state index contributed by atoms with van der Waals surface area (Å²) in [6.07, 6.45) is 15.3. The Balaban J connectivity index is 1.24. The Hall–Kier alpha value is -3.42. The van der Waals surface area contributed by atoms with Gasteiger partial charge in [0.1, 0.15) is 5.82 Å². The van der Waals surface area contributed by atoms with Crippen LogP contribution in [0.3, 0.4) is 0 Å². The van der Waals surface area contributed by atoms with E-state index in [0.717, 1.165) is 39.1 Å². The summed E-state index contributed by atoms with van der Waals surface area (Å²) in [6.45, 7) is 3.38. The molecule has 1 saturated heterocycles. The zero-order valence-electron chi connectivity index (χ0n) is 21.1. The van der Waals surface area contributed by atoms with E-state index in [9.17, 15) is 4.79 Å². The molecular formula is C30H29BrClN5O. The van der Waals surface area contributed by atoms with Gasteiger partial charge < -0.3 is 10.2 Å². The van der Waals surface area contributed by atoms with Gasteiger partial charge in [0.15, 0.2) is 5.82 Å². The van der Waals surface area contributed by atoms with Crippen molar-refractivity contribution in [2.45, 2.75) is 25.8 Å². The van der Waals surface area contributed by atoms with Gasteiger partial charge in [-0.05, 0) is 58.3 Å². The highest BCUT2D eigenvalue weighted by molar-refractivity contribution is 9.10. The number of halogens is 2. The fourth-order valence-corrected chi connectivity index (χ4v) is 5.30. The maximum absolute atomic E-state index is 13.3. The van der Waals surface area contributed by atoms with Gasteiger partial charge in [-0.3, -0.25) is 4.79 Å². The van der Waals surface area contributed by atoms with Crippen LogP contribution in [0.1, 0.15) is 25.3 Å². The van der Waals surface area contributed by atoms with Gasteiger partial charge in [-0.1, -0.05) is 78.4 Å². The van der Waals surface area contributed by atoms with Gasteiger partial charge in [0.05, 0.1) is 16.6 Å². The average Bonchev–Trinajstić information content (AvgIpc) is 3.16. The van der Waals surface area contributed by atoms with Gasteiger partial charge in [0, 0.05) is 35.9 Å². The van der Waals surface area contributed by atoms with Crippen molar-refractivity contribution in [1.82, 2.24) is 20.0 Å². The third kappa shape index (κ3) is 5.84. The number of carbonyl (C=O) groups is 1. The molecule has 1 N–H and O–H groups in total. The first kappa shape index (κ1) is 26.2. The summed E-state index contributed by atoms with van der Waals surface area (Å²) < 4.78 is 2.57. The number of rotatable bonds is 6. The molecule has 0 bridgehead atoms. The van der Waals surface area contributed by atoms with E-state index in [4.69, 9.17) is 11.6 Å². The van der Waals surface area contributed by atoms with Crippen molar-refractivity contribution < 1.29 is 4.79 Å². The molecule has 1 unspecified atom stereocenters. The van der Waals surface area contributed by atoms with Crippen molar-refractivity contribution in [3.8, 4) is 0 Å². The number of hydrogen-bond donors (Lipinski definition) is 1. The number of aliphatic imine (C=N–C) groups is 1. The van der Waals surface area contributed by atoms with Crippen LogP contribution >= 0.6 is 27.5 Å². The molecule has 0 radical (unpaired) electrons. The van der Waals surface area contributed by atoms with Crippen molar-refractivity contribution >= 4 is 63.4 Å². The Morgan fingerprint density at radius 3 is 2.63 bits per heavy atom. The molecule has 1 amide bonds. The maximum atomic E-state index is 13.3. The number of amides is 1. The standard InChI is InChI=1S/C30H29BrClN5O/c1-2-28(37-29(26(31)20-34-37)33-19-24-10-5-6-13-27(24)32)35-25-14-16-36(17-15-25)30(38)23-12-7-11-21-8-3-4-9-22(21)18-23/h2-13,18-20,23,25,35H,14-17H2,1H3/b28-2-,33-19+. The van der Waals surface area contributed by atoms with Crippen LogP contribution in [0.25, 0.3) is 18.0 Å². The summed E-state index contributed by atoms with van der Waals surface area (Å²) in [5, 5.41) is 11.0. The molecule has 1 aliphatic carbocycles. The van der Waals surface area contributed by atoms with Crippen molar-refractivity contribution in [3.05, 3.63) is 98.5 Å². The highest BCUT2D eigenvalue weighted by Gasteiger charge is 2.27. The molecule has 0 saturated carbocycles. The minimum Gasteiger partial charge on any atom is -0.367 e. The number of carbonyl (C=O) groups excluding carboxylic acids is 1. The summed E-state index contributed by atoms with van der Waals surface area (Å²) in [6, 6.07) is 16.0. The highest BCUT2D eigenvalue weighted by Crippen LogP contribution is 2.28. The van der Waals surface area contributed by atoms with Crippen molar-refractivity contribution in [2.75, 3.05) is 13.1 Å². The predicted octanol–water partition coefficient (Wildman–Crippen LogP) is 4.90. The number of allylic oxidation sites excluding steroid dienone is 2. The molecule has 1 fully saturated rings. The Morgan fingerprint density at radius 1 is 1.13 bits per heavy atom. The van der Waals surface area contributed by atoms with E-state index in [-0.39, 0.29) is 17.9 Å². The molecule has 5 rings (SSSR count). The summed E-state index contributed by atoms with van der Waals surface area (Å²) >= 11 is 9.86. The van der Waals surface area contributed by atoms with Crippen molar-refractivity contribution in [3.63, 3.8) is 0 Å². The summed E-state index contributed by atoms with van der Waals surface area (Å²) in [5.74, 6) is 1.43. The van der Waals surface area contributed by atoms with E-state index in [1.165, 1.54) is 0 Å². The van der Waals surface area contributed by atoms with E-state index in [1.807, 2.05) is 66.4 Å². The van der Waals surface area contributed by atoms with Crippen LogP contribution in [-0.4, -0.2) is 45.9 Å². The molecule has 2 aliphatic rings. The smallest absolute Gasteiger partial charge is 0.233 e. The molecule has 1 aliphatic heterocycles. The lowest BCUT2D eigenvalue weighted by Gasteiger charge is -2.34. The number of benzene rings is 2. The Labute approximate surface area is 235 Å². The number of nitrogens with zero attached hydrogens (tertiary/aromatic N) is 4. The predicted molar refractivity (Wildman–Crippen MR) is 159 cm³/mol. The quantitative estimate of drug-likeness (QED) is 0.416. The molecule has 1 aromatic heterocycles. The zero-order valence-corrected chi connectivity index (χ0v) is 23.4. The molecule has 2 aromatic carbocycles. The van der Waals surface area contributed by atoms with Crippen LogP contribution in [-0.2, 0) is 4.79 Å². The van der Waals surface area contributed by atoms with Gasteiger partial charge in [-0.25, -0.2) is 4.99 Å². The first-order chi connectivity index (χ1) is 18.5. The molecule has 6 nitrogen and oxygen atoms in total. The van der Waals surface area contributed by atoms with E-state index < -0.39 is 0 Å². The summed E-state index contributed by atoms with van der Waals surface area (Å²) in [4.78, 5) is 20.0. The Kier molecular flexibility index (Phi) is 8.25. The fraction of sp³-hybridized carbons (Fsp3) is 0.233. The minimum atomic E-state index is -0.245. The fourth-order valence-electron chi connectivity index (χ4n) is 4.75. The number of piperidine rings is 1. The topological polar surface area (TPSA) is 62.5 Å². The van der Waals surface area contributed by atoms with E-state index in [1.54, 1.807) is 17.1 Å². The van der Waals surface area contributed by atoms with E-state index >= 15 is 0 Å². The van der Waals surface area contributed by atoms with Gasteiger partial charge >= 0.3 is 0 Å². The summed E-state index contributed by atoms with van der Waals surface area (Å²) in [5.41, 5.74) is 0.836. The number of nitrogens with one attached hydrogen (secondary N) is 1. The van der Waals surface area contributed by atoms with Crippen LogP contribution in [0.4, 0.5) is 5.82 Å². The van der Waals surface area contributed by atoms with Crippen LogP contribution in [0, 0.1) is 5.92 Å². The lowest BCUT2D eigenvalue weighted by Crippen LogP contribution is -2.46. The van der Waals surface area contributed by atoms with E-state index in [2.05, 4.69) is 55.6 Å². The lowest BCUT2D eigenvalue weighted by atomic mass is 10.0. The molecule has 0 spiro atoms. The molecule has 2 heterocycles. The Morgan fingerprint density at radius 2 is 1.87 bits per heavy atom. The maximum Gasteiger partial charge on any atom is 0.233 e. The first-order valence-electron chi connectivity index (χ1n) is 12.7.